The predicted octanol–water partition coefficient (Wildman–Crippen LogP) is 1.55. The van der Waals surface area contributed by atoms with Crippen LogP contribution in [0, 0.1) is 0 Å². The Hall–Kier alpha value is -1.94. The van der Waals surface area contributed by atoms with Crippen LogP contribution in [0.25, 0.3) is 11.3 Å². The van der Waals surface area contributed by atoms with Gasteiger partial charge in [0.05, 0.1) is 5.69 Å². The molecule has 2 aromatic rings. The van der Waals surface area contributed by atoms with Gasteiger partial charge in [-0.2, -0.15) is 0 Å². The number of hydrogen-bond donors (Lipinski definition) is 1. The maximum Gasteiger partial charge on any atom is 0.116 e. The van der Waals surface area contributed by atoms with E-state index in [1.807, 2.05) is 6.07 Å². The normalized spacial score (nSPS) is 15.7. The Labute approximate surface area is 107 Å². The molecule has 0 radical (unpaired) electrons. The minimum absolute atomic E-state index is 0.985. The third kappa shape index (κ3) is 2.19. The highest BCUT2D eigenvalue weighted by atomic mass is 15.2. The van der Waals surface area contributed by atoms with E-state index in [-0.39, 0.29) is 0 Å². The predicted molar refractivity (Wildman–Crippen MR) is 72.6 cm³/mol. The van der Waals surface area contributed by atoms with Crippen molar-refractivity contribution >= 4 is 5.69 Å². The molecule has 3 rings (SSSR count). The van der Waals surface area contributed by atoms with Crippen LogP contribution in [0.4, 0.5) is 5.69 Å². The summed E-state index contributed by atoms with van der Waals surface area (Å²) in [7, 11) is 0. The average molecular weight is 240 g/mol. The molecule has 0 spiro atoms. The van der Waals surface area contributed by atoms with Gasteiger partial charge in [-0.25, -0.2) is 9.97 Å². The fourth-order valence-electron chi connectivity index (χ4n) is 2.32. The highest BCUT2D eigenvalue weighted by molar-refractivity contribution is 5.76. The molecule has 0 aliphatic carbocycles. The summed E-state index contributed by atoms with van der Waals surface area (Å²) in [6.07, 6.45) is 3.39. The van der Waals surface area contributed by atoms with Gasteiger partial charge in [0, 0.05) is 43.6 Å². The summed E-state index contributed by atoms with van der Waals surface area (Å²) < 4.78 is 0. The van der Waals surface area contributed by atoms with Gasteiger partial charge in [-0.15, -0.1) is 0 Å². The van der Waals surface area contributed by atoms with Gasteiger partial charge in [-0.3, -0.25) is 0 Å². The fourth-order valence-corrected chi connectivity index (χ4v) is 2.32. The molecular formula is C14H16N4. The quantitative estimate of drug-likeness (QED) is 0.864. The Morgan fingerprint density at radius 1 is 1.06 bits per heavy atom. The lowest BCUT2D eigenvalue weighted by atomic mass is 10.1. The Morgan fingerprint density at radius 2 is 1.89 bits per heavy atom. The van der Waals surface area contributed by atoms with Gasteiger partial charge < -0.3 is 10.2 Å². The molecule has 0 amide bonds. The molecule has 2 heterocycles. The van der Waals surface area contributed by atoms with Gasteiger partial charge >= 0.3 is 0 Å². The summed E-state index contributed by atoms with van der Waals surface area (Å²) >= 11 is 0. The SMILES string of the molecule is c1ccc(N2CCNCC2)c(-c2ccncn2)c1. The van der Waals surface area contributed by atoms with Crippen molar-refractivity contribution in [1.29, 1.82) is 0 Å². The number of anilines is 1. The Morgan fingerprint density at radius 3 is 2.67 bits per heavy atom. The lowest BCUT2D eigenvalue weighted by molar-refractivity contribution is 0.589. The van der Waals surface area contributed by atoms with E-state index < -0.39 is 0 Å². The van der Waals surface area contributed by atoms with E-state index in [1.165, 1.54) is 11.3 Å². The molecule has 1 saturated heterocycles. The maximum absolute atomic E-state index is 4.35. The van der Waals surface area contributed by atoms with Gasteiger partial charge in [-0.05, 0) is 12.1 Å². The third-order valence-corrected chi connectivity index (χ3v) is 3.22. The van der Waals surface area contributed by atoms with E-state index in [4.69, 9.17) is 0 Å². The standard InChI is InChI=1S/C14H16N4/c1-2-4-14(18-9-7-15-8-10-18)12(3-1)13-5-6-16-11-17-13/h1-6,11,15H,7-10H2. The molecule has 1 aliphatic heterocycles. The highest BCUT2D eigenvalue weighted by Crippen LogP contribution is 2.29. The molecule has 18 heavy (non-hydrogen) atoms. The largest absolute Gasteiger partial charge is 0.368 e. The lowest BCUT2D eigenvalue weighted by Gasteiger charge is -2.31. The second kappa shape index (κ2) is 5.14. The summed E-state index contributed by atoms with van der Waals surface area (Å²) in [5, 5.41) is 3.38. The van der Waals surface area contributed by atoms with E-state index in [9.17, 15) is 0 Å². The number of nitrogens with zero attached hydrogens (tertiary/aromatic N) is 3. The van der Waals surface area contributed by atoms with Gasteiger partial charge in [0.15, 0.2) is 0 Å². The number of rotatable bonds is 2. The fraction of sp³-hybridized carbons (Fsp3) is 0.286. The zero-order valence-corrected chi connectivity index (χ0v) is 10.2. The first-order valence-corrected chi connectivity index (χ1v) is 6.26. The molecule has 1 aliphatic rings. The number of para-hydroxylation sites is 1. The maximum atomic E-state index is 4.35. The number of piperazine rings is 1. The van der Waals surface area contributed by atoms with Gasteiger partial charge in [0.1, 0.15) is 6.33 Å². The molecule has 0 bridgehead atoms. The lowest BCUT2D eigenvalue weighted by Crippen LogP contribution is -2.43. The van der Waals surface area contributed by atoms with E-state index in [0.717, 1.165) is 31.9 Å². The van der Waals surface area contributed by atoms with E-state index >= 15 is 0 Å². The topological polar surface area (TPSA) is 41.0 Å². The van der Waals surface area contributed by atoms with Crippen LogP contribution in [0.2, 0.25) is 0 Å². The van der Waals surface area contributed by atoms with E-state index in [0.29, 0.717) is 0 Å². The smallest absolute Gasteiger partial charge is 0.116 e. The van der Waals surface area contributed by atoms with Crippen molar-refractivity contribution in [2.45, 2.75) is 0 Å². The van der Waals surface area contributed by atoms with Crippen molar-refractivity contribution in [1.82, 2.24) is 15.3 Å². The Balaban J connectivity index is 1.99. The van der Waals surface area contributed by atoms with Crippen molar-refractivity contribution in [3.05, 3.63) is 42.9 Å². The van der Waals surface area contributed by atoms with Gasteiger partial charge in [0.2, 0.25) is 0 Å². The van der Waals surface area contributed by atoms with Crippen LogP contribution in [-0.4, -0.2) is 36.1 Å². The van der Waals surface area contributed by atoms with Crippen LogP contribution in [0.1, 0.15) is 0 Å². The summed E-state index contributed by atoms with van der Waals surface area (Å²) in [6.45, 7) is 4.17. The number of nitrogens with one attached hydrogen (secondary N) is 1. The molecule has 1 N–H and O–H groups in total. The van der Waals surface area contributed by atoms with Crippen molar-refractivity contribution in [2.24, 2.45) is 0 Å². The van der Waals surface area contributed by atoms with Crippen molar-refractivity contribution in [3.63, 3.8) is 0 Å². The molecule has 4 nitrogen and oxygen atoms in total. The Bertz CT molecular complexity index is 506. The molecule has 0 atom stereocenters. The van der Waals surface area contributed by atoms with Crippen LogP contribution >= 0.6 is 0 Å². The molecule has 4 heteroatoms. The van der Waals surface area contributed by atoms with Crippen LogP contribution in [0.3, 0.4) is 0 Å². The molecule has 1 aromatic heterocycles. The first-order valence-electron chi connectivity index (χ1n) is 6.26. The molecule has 0 saturated carbocycles. The van der Waals surface area contributed by atoms with Gasteiger partial charge in [0.25, 0.3) is 0 Å². The molecule has 0 unspecified atom stereocenters. The van der Waals surface area contributed by atoms with E-state index in [1.54, 1.807) is 12.5 Å². The van der Waals surface area contributed by atoms with Crippen molar-refractivity contribution in [2.75, 3.05) is 31.1 Å². The van der Waals surface area contributed by atoms with E-state index in [2.05, 4.69) is 44.5 Å². The number of aromatic nitrogens is 2. The second-order valence-electron chi connectivity index (χ2n) is 4.35. The minimum Gasteiger partial charge on any atom is -0.368 e. The first kappa shape index (κ1) is 11.2. The van der Waals surface area contributed by atoms with Crippen LogP contribution in [0.5, 0.6) is 0 Å². The minimum atomic E-state index is 0.985. The first-order chi connectivity index (χ1) is 8.95. The highest BCUT2D eigenvalue weighted by Gasteiger charge is 2.14. The second-order valence-corrected chi connectivity index (χ2v) is 4.35. The monoisotopic (exact) mass is 240 g/mol. The third-order valence-electron chi connectivity index (χ3n) is 3.22. The summed E-state index contributed by atoms with van der Waals surface area (Å²) in [6, 6.07) is 10.4. The summed E-state index contributed by atoms with van der Waals surface area (Å²) in [5.41, 5.74) is 3.43. The molecule has 1 aromatic carbocycles. The molecule has 92 valence electrons. The summed E-state index contributed by atoms with van der Waals surface area (Å²) in [4.78, 5) is 10.7. The number of benzene rings is 1. The Kier molecular flexibility index (Phi) is 3.19. The van der Waals surface area contributed by atoms with Gasteiger partial charge in [-0.1, -0.05) is 18.2 Å². The average Bonchev–Trinajstić information content (AvgIpc) is 2.49. The van der Waals surface area contributed by atoms with Crippen LogP contribution in [0.15, 0.2) is 42.9 Å². The molecular weight excluding hydrogens is 224 g/mol. The van der Waals surface area contributed by atoms with Crippen LogP contribution in [-0.2, 0) is 0 Å². The zero-order valence-electron chi connectivity index (χ0n) is 10.2. The zero-order chi connectivity index (χ0) is 12.2. The van der Waals surface area contributed by atoms with Crippen molar-refractivity contribution < 1.29 is 0 Å². The summed E-state index contributed by atoms with van der Waals surface area (Å²) in [5.74, 6) is 0. The van der Waals surface area contributed by atoms with Crippen molar-refractivity contribution in [3.8, 4) is 11.3 Å². The van der Waals surface area contributed by atoms with Crippen LogP contribution < -0.4 is 10.2 Å². The number of hydrogen-bond acceptors (Lipinski definition) is 4. The molecule has 1 fully saturated rings.